The zero-order valence-corrected chi connectivity index (χ0v) is 16.7. The van der Waals surface area contributed by atoms with Crippen molar-refractivity contribution in [2.24, 2.45) is 0 Å². The average molecular weight is 382 g/mol. The summed E-state index contributed by atoms with van der Waals surface area (Å²) in [6, 6.07) is 8.00. The Bertz CT molecular complexity index is 1010. The number of methoxy groups -OCH3 is 1. The first kappa shape index (κ1) is 18.1. The molecule has 6 heteroatoms. The number of carbonyl (C=O) groups is 1. The van der Waals surface area contributed by atoms with Crippen LogP contribution in [0.15, 0.2) is 24.3 Å². The van der Waals surface area contributed by atoms with E-state index < -0.39 is 0 Å². The molecule has 27 heavy (non-hydrogen) atoms. The Hall–Kier alpha value is -2.31. The van der Waals surface area contributed by atoms with Gasteiger partial charge in [0.2, 0.25) is 0 Å². The molecule has 0 atom stereocenters. The van der Waals surface area contributed by atoms with Gasteiger partial charge in [-0.25, -0.2) is 9.97 Å². The SMILES string of the molecule is COCc1ccccc1CNC(=O)c1sc2nc(C3CC3)nc(C)c2c1C. The van der Waals surface area contributed by atoms with Gasteiger partial charge in [-0.05, 0) is 43.4 Å². The molecule has 140 valence electrons. The second-order valence-electron chi connectivity index (χ2n) is 7.06. The Morgan fingerprint density at radius 1 is 1.22 bits per heavy atom. The Morgan fingerprint density at radius 2 is 1.96 bits per heavy atom. The van der Waals surface area contributed by atoms with Crippen molar-refractivity contribution in [3.8, 4) is 0 Å². The number of carbonyl (C=O) groups excluding carboxylic acids is 1. The zero-order valence-electron chi connectivity index (χ0n) is 15.8. The third kappa shape index (κ3) is 3.59. The van der Waals surface area contributed by atoms with E-state index in [9.17, 15) is 4.79 Å². The Balaban J connectivity index is 1.58. The summed E-state index contributed by atoms with van der Waals surface area (Å²) in [5.41, 5.74) is 4.10. The maximum atomic E-state index is 12.8. The number of thiophene rings is 1. The van der Waals surface area contributed by atoms with E-state index in [4.69, 9.17) is 9.72 Å². The maximum absolute atomic E-state index is 12.8. The van der Waals surface area contributed by atoms with Crippen LogP contribution in [0, 0.1) is 13.8 Å². The van der Waals surface area contributed by atoms with E-state index in [2.05, 4.69) is 10.3 Å². The molecule has 1 aliphatic carbocycles. The lowest BCUT2D eigenvalue weighted by Crippen LogP contribution is -2.23. The number of hydrogen-bond acceptors (Lipinski definition) is 5. The highest BCUT2D eigenvalue weighted by molar-refractivity contribution is 7.20. The molecule has 0 saturated heterocycles. The van der Waals surface area contributed by atoms with Crippen LogP contribution in [0.4, 0.5) is 0 Å². The monoisotopic (exact) mass is 381 g/mol. The second-order valence-corrected chi connectivity index (χ2v) is 8.06. The third-order valence-corrected chi connectivity index (χ3v) is 6.18. The van der Waals surface area contributed by atoms with Gasteiger partial charge in [0.1, 0.15) is 10.7 Å². The number of fused-ring (bicyclic) bond motifs is 1. The van der Waals surface area contributed by atoms with Crippen LogP contribution in [0.1, 0.15) is 56.6 Å². The van der Waals surface area contributed by atoms with Gasteiger partial charge in [-0.3, -0.25) is 4.79 Å². The molecular formula is C21H23N3O2S. The second kappa shape index (κ2) is 7.37. The van der Waals surface area contributed by atoms with Gasteiger partial charge in [-0.2, -0.15) is 0 Å². The number of ether oxygens (including phenoxy) is 1. The van der Waals surface area contributed by atoms with Gasteiger partial charge >= 0.3 is 0 Å². The lowest BCUT2D eigenvalue weighted by molar-refractivity contribution is 0.0954. The smallest absolute Gasteiger partial charge is 0.261 e. The van der Waals surface area contributed by atoms with Crippen LogP contribution < -0.4 is 5.32 Å². The highest BCUT2D eigenvalue weighted by Gasteiger charge is 2.28. The van der Waals surface area contributed by atoms with Crippen molar-refractivity contribution in [2.45, 2.75) is 45.8 Å². The van der Waals surface area contributed by atoms with Crippen molar-refractivity contribution in [3.05, 3.63) is 57.4 Å². The van der Waals surface area contributed by atoms with Crippen LogP contribution in [0.2, 0.25) is 0 Å². The fraction of sp³-hybridized carbons (Fsp3) is 0.381. The number of aryl methyl sites for hydroxylation is 2. The first-order chi connectivity index (χ1) is 13.1. The highest BCUT2D eigenvalue weighted by atomic mass is 32.1. The van der Waals surface area contributed by atoms with Crippen LogP contribution in [0.3, 0.4) is 0 Å². The van der Waals surface area contributed by atoms with E-state index in [-0.39, 0.29) is 5.91 Å². The summed E-state index contributed by atoms with van der Waals surface area (Å²) < 4.78 is 5.24. The predicted molar refractivity (Wildman–Crippen MR) is 107 cm³/mol. The fourth-order valence-corrected chi connectivity index (χ4v) is 4.54. The van der Waals surface area contributed by atoms with Crippen LogP contribution >= 0.6 is 11.3 Å². The van der Waals surface area contributed by atoms with Crippen molar-refractivity contribution in [1.29, 1.82) is 0 Å². The summed E-state index contributed by atoms with van der Waals surface area (Å²) in [4.78, 5) is 23.9. The zero-order chi connectivity index (χ0) is 19.0. The molecule has 3 aromatic rings. The van der Waals surface area contributed by atoms with Crippen molar-refractivity contribution in [3.63, 3.8) is 0 Å². The normalized spacial score (nSPS) is 13.9. The Kier molecular flexibility index (Phi) is 4.93. The number of rotatable bonds is 6. The fourth-order valence-electron chi connectivity index (χ4n) is 3.38. The first-order valence-corrected chi connectivity index (χ1v) is 10.0. The minimum absolute atomic E-state index is 0.0601. The number of amides is 1. The largest absolute Gasteiger partial charge is 0.380 e. The van der Waals surface area contributed by atoms with Crippen molar-refractivity contribution < 1.29 is 9.53 Å². The van der Waals surface area contributed by atoms with Gasteiger partial charge in [0, 0.05) is 25.0 Å². The van der Waals surface area contributed by atoms with Crippen molar-refractivity contribution >= 4 is 27.5 Å². The molecule has 0 bridgehead atoms. The van der Waals surface area contributed by atoms with Gasteiger partial charge in [-0.1, -0.05) is 24.3 Å². The molecule has 0 aliphatic heterocycles. The molecule has 1 saturated carbocycles. The molecule has 1 aromatic carbocycles. The molecule has 1 amide bonds. The van der Waals surface area contributed by atoms with Gasteiger partial charge < -0.3 is 10.1 Å². The number of aromatic nitrogens is 2. The quantitative estimate of drug-likeness (QED) is 0.693. The molecule has 0 unspecified atom stereocenters. The van der Waals surface area contributed by atoms with Crippen LogP contribution in [0.25, 0.3) is 10.2 Å². The molecule has 2 heterocycles. The van der Waals surface area contributed by atoms with Crippen LogP contribution in [0.5, 0.6) is 0 Å². The molecule has 0 spiro atoms. The maximum Gasteiger partial charge on any atom is 0.261 e. The molecule has 1 fully saturated rings. The van der Waals surface area contributed by atoms with Crippen LogP contribution in [-0.2, 0) is 17.9 Å². The van der Waals surface area contributed by atoms with Gasteiger partial charge in [0.15, 0.2) is 0 Å². The van der Waals surface area contributed by atoms with Crippen molar-refractivity contribution in [2.75, 3.05) is 7.11 Å². The van der Waals surface area contributed by atoms with Crippen LogP contribution in [-0.4, -0.2) is 23.0 Å². The number of nitrogens with zero attached hydrogens (tertiary/aromatic N) is 2. The first-order valence-electron chi connectivity index (χ1n) is 9.20. The molecular weight excluding hydrogens is 358 g/mol. The topological polar surface area (TPSA) is 64.1 Å². The lowest BCUT2D eigenvalue weighted by Gasteiger charge is -2.10. The number of nitrogens with one attached hydrogen (secondary N) is 1. The van der Waals surface area contributed by atoms with E-state index in [1.807, 2.05) is 38.1 Å². The van der Waals surface area contributed by atoms with E-state index in [1.165, 1.54) is 24.2 Å². The van der Waals surface area contributed by atoms with E-state index in [0.29, 0.717) is 19.1 Å². The summed E-state index contributed by atoms with van der Waals surface area (Å²) >= 11 is 1.47. The molecule has 4 rings (SSSR count). The van der Waals surface area contributed by atoms with Gasteiger partial charge in [0.25, 0.3) is 5.91 Å². The molecule has 5 nitrogen and oxygen atoms in total. The summed E-state index contributed by atoms with van der Waals surface area (Å²) in [5.74, 6) is 1.38. The summed E-state index contributed by atoms with van der Waals surface area (Å²) in [5, 5.41) is 4.08. The number of benzene rings is 1. The lowest BCUT2D eigenvalue weighted by atomic mass is 10.1. The minimum Gasteiger partial charge on any atom is -0.380 e. The average Bonchev–Trinajstić information content (AvgIpc) is 3.45. The van der Waals surface area contributed by atoms with Crippen molar-refractivity contribution in [1.82, 2.24) is 15.3 Å². The van der Waals surface area contributed by atoms with E-state index >= 15 is 0 Å². The molecule has 0 radical (unpaired) electrons. The number of hydrogen-bond donors (Lipinski definition) is 1. The Morgan fingerprint density at radius 3 is 2.67 bits per heavy atom. The predicted octanol–water partition coefficient (Wildman–Crippen LogP) is 4.26. The van der Waals surface area contributed by atoms with Gasteiger partial charge in [-0.15, -0.1) is 11.3 Å². The molecule has 1 N–H and O–H groups in total. The summed E-state index contributed by atoms with van der Waals surface area (Å²) in [7, 11) is 1.68. The Labute approximate surface area is 162 Å². The highest BCUT2D eigenvalue weighted by Crippen LogP contribution is 2.40. The van der Waals surface area contributed by atoms with E-state index in [1.54, 1.807) is 7.11 Å². The summed E-state index contributed by atoms with van der Waals surface area (Å²) in [6.45, 7) is 5.01. The van der Waals surface area contributed by atoms with Gasteiger partial charge in [0.05, 0.1) is 17.2 Å². The molecule has 2 aromatic heterocycles. The third-order valence-electron chi connectivity index (χ3n) is 4.99. The van der Waals surface area contributed by atoms with E-state index in [0.717, 1.165) is 43.3 Å². The minimum atomic E-state index is -0.0601. The molecule has 1 aliphatic rings. The summed E-state index contributed by atoms with van der Waals surface area (Å²) in [6.07, 6.45) is 2.34. The standard InChI is InChI=1S/C21H23N3O2S/c1-12-17-13(2)23-19(14-8-9-14)24-21(17)27-18(12)20(25)22-10-15-6-4-5-7-16(15)11-26-3/h4-7,14H,8-11H2,1-3H3,(H,22,25).